The van der Waals surface area contributed by atoms with Gasteiger partial charge >= 0.3 is 0 Å². The minimum absolute atomic E-state index is 0.161. The molecule has 1 atom stereocenters. The van der Waals surface area contributed by atoms with Gasteiger partial charge in [0.2, 0.25) is 5.91 Å². The summed E-state index contributed by atoms with van der Waals surface area (Å²) in [7, 11) is 0. The first-order valence-corrected chi connectivity index (χ1v) is 7.97. The molecule has 7 heteroatoms. The van der Waals surface area contributed by atoms with E-state index in [0.717, 1.165) is 5.56 Å². The van der Waals surface area contributed by atoms with Gasteiger partial charge in [0.1, 0.15) is 18.0 Å². The van der Waals surface area contributed by atoms with Crippen LogP contribution in [0.4, 0.5) is 11.4 Å². The van der Waals surface area contributed by atoms with Gasteiger partial charge in [0.15, 0.2) is 0 Å². The molecule has 130 valence electrons. The Bertz CT molecular complexity index is 757. The van der Waals surface area contributed by atoms with E-state index >= 15 is 0 Å². The van der Waals surface area contributed by atoms with Crippen LogP contribution in [0.25, 0.3) is 0 Å². The van der Waals surface area contributed by atoms with Crippen molar-refractivity contribution in [3.05, 3.63) is 64.2 Å². The van der Waals surface area contributed by atoms with Crippen LogP contribution in [-0.4, -0.2) is 24.0 Å². The Kier molecular flexibility index (Phi) is 5.25. The molecule has 1 saturated heterocycles. The van der Waals surface area contributed by atoms with Crippen LogP contribution in [0.2, 0.25) is 0 Å². The Morgan fingerprint density at radius 3 is 2.76 bits per heavy atom. The van der Waals surface area contributed by atoms with E-state index in [9.17, 15) is 14.9 Å². The third-order valence-electron chi connectivity index (χ3n) is 3.97. The van der Waals surface area contributed by atoms with Crippen molar-refractivity contribution in [2.45, 2.75) is 13.0 Å². The summed E-state index contributed by atoms with van der Waals surface area (Å²) in [5.41, 5.74) is 0.926. The van der Waals surface area contributed by atoms with Crippen LogP contribution in [0.15, 0.2) is 48.5 Å². The SMILES string of the molecule is O=C(Nc1ccc(OCc2ccccc2)cc1[N+](=O)[O-])[C@H]1CCOC1. The third kappa shape index (κ3) is 4.33. The molecule has 0 spiro atoms. The van der Waals surface area contributed by atoms with E-state index in [1.54, 1.807) is 6.07 Å². The average molecular weight is 342 g/mol. The van der Waals surface area contributed by atoms with Crippen molar-refractivity contribution in [2.24, 2.45) is 5.92 Å². The first-order valence-electron chi connectivity index (χ1n) is 7.97. The smallest absolute Gasteiger partial charge is 0.296 e. The monoisotopic (exact) mass is 342 g/mol. The second-order valence-electron chi connectivity index (χ2n) is 5.76. The zero-order valence-corrected chi connectivity index (χ0v) is 13.5. The lowest BCUT2D eigenvalue weighted by Gasteiger charge is -2.11. The summed E-state index contributed by atoms with van der Waals surface area (Å²) in [6.45, 7) is 1.19. The van der Waals surface area contributed by atoms with Gasteiger partial charge in [0.05, 0.1) is 23.5 Å². The van der Waals surface area contributed by atoms with Gasteiger partial charge in [-0.1, -0.05) is 30.3 Å². The van der Waals surface area contributed by atoms with Crippen LogP contribution >= 0.6 is 0 Å². The van der Waals surface area contributed by atoms with Gasteiger partial charge in [0.25, 0.3) is 5.69 Å². The van der Waals surface area contributed by atoms with E-state index in [4.69, 9.17) is 9.47 Å². The molecule has 0 unspecified atom stereocenters. The lowest BCUT2D eigenvalue weighted by molar-refractivity contribution is -0.384. The zero-order valence-electron chi connectivity index (χ0n) is 13.5. The van der Waals surface area contributed by atoms with Crippen molar-refractivity contribution in [2.75, 3.05) is 18.5 Å². The normalized spacial score (nSPS) is 16.4. The minimum atomic E-state index is -0.532. The number of hydrogen-bond donors (Lipinski definition) is 1. The average Bonchev–Trinajstić information content (AvgIpc) is 3.16. The Hall–Kier alpha value is -2.93. The third-order valence-corrected chi connectivity index (χ3v) is 3.97. The fourth-order valence-corrected chi connectivity index (χ4v) is 2.57. The number of anilines is 1. The summed E-state index contributed by atoms with van der Waals surface area (Å²) in [6, 6.07) is 13.9. The van der Waals surface area contributed by atoms with Crippen LogP contribution in [0.3, 0.4) is 0 Å². The number of nitro benzene ring substituents is 1. The number of carbonyl (C=O) groups excluding carboxylic acids is 1. The molecule has 2 aromatic carbocycles. The molecule has 3 rings (SSSR count). The highest BCUT2D eigenvalue weighted by atomic mass is 16.6. The van der Waals surface area contributed by atoms with Crippen LogP contribution in [0.1, 0.15) is 12.0 Å². The first-order chi connectivity index (χ1) is 12.1. The molecule has 1 fully saturated rings. The van der Waals surface area contributed by atoms with Gasteiger partial charge in [-0.15, -0.1) is 0 Å². The number of carbonyl (C=O) groups is 1. The highest BCUT2D eigenvalue weighted by Gasteiger charge is 2.26. The zero-order chi connectivity index (χ0) is 17.6. The fraction of sp³-hybridized carbons (Fsp3) is 0.278. The number of benzene rings is 2. The van der Waals surface area contributed by atoms with Crippen LogP contribution in [-0.2, 0) is 16.1 Å². The van der Waals surface area contributed by atoms with Gasteiger partial charge in [-0.25, -0.2) is 0 Å². The minimum Gasteiger partial charge on any atom is -0.489 e. The van der Waals surface area contributed by atoms with E-state index in [-0.39, 0.29) is 23.2 Å². The summed E-state index contributed by atoms with van der Waals surface area (Å²) >= 11 is 0. The summed E-state index contributed by atoms with van der Waals surface area (Å²) in [5.74, 6) is -0.162. The second kappa shape index (κ2) is 7.76. The Morgan fingerprint density at radius 2 is 2.08 bits per heavy atom. The molecule has 0 radical (unpaired) electrons. The van der Waals surface area contributed by atoms with E-state index in [2.05, 4.69) is 5.32 Å². The number of rotatable bonds is 6. The molecule has 0 aromatic heterocycles. The molecule has 1 amide bonds. The number of ether oxygens (including phenoxy) is 2. The van der Waals surface area contributed by atoms with Gasteiger partial charge in [-0.05, 0) is 24.1 Å². The van der Waals surface area contributed by atoms with E-state index in [0.29, 0.717) is 32.0 Å². The topological polar surface area (TPSA) is 90.7 Å². The highest BCUT2D eigenvalue weighted by Crippen LogP contribution is 2.30. The first kappa shape index (κ1) is 16.9. The van der Waals surface area contributed by atoms with E-state index in [1.165, 1.54) is 12.1 Å². The van der Waals surface area contributed by atoms with Crippen LogP contribution in [0.5, 0.6) is 5.75 Å². The van der Waals surface area contributed by atoms with Gasteiger partial charge in [0, 0.05) is 6.61 Å². The molecular weight excluding hydrogens is 324 g/mol. The Labute approximate surface area is 144 Å². The highest BCUT2D eigenvalue weighted by molar-refractivity contribution is 5.95. The van der Waals surface area contributed by atoms with Crippen LogP contribution in [0, 0.1) is 16.0 Å². The second-order valence-corrected chi connectivity index (χ2v) is 5.76. The predicted molar refractivity (Wildman–Crippen MR) is 91.4 cm³/mol. The molecule has 1 N–H and O–H groups in total. The largest absolute Gasteiger partial charge is 0.489 e. The molecule has 0 saturated carbocycles. The van der Waals surface area contributed by atoms with Gasteiger partial charge in [-0.2, -0.15) is 0 Å². The standard InChI is InChI=1S/C18H18N2O5/c21-18(14-8-9-24-12-14)19-16-7-6-15(10-17(16)20(22)23)25-11-13-4-2-1-3-5-13/h1-7,10,14H,8-9,11-12H2,(H,19,21)/t14-/m0/s1. The van der Waals surface area contributed by atoms with Crippen molar-refractivity contribution in [3.63, 3.8) is 0 Å². The van der Waals surface area contributed by atoms with Crippen molar-refractivity contribution < 1.29 is 19.2 Å². The maximum Gasteiger partial charge on any atom is 0.296 e. The predicted octanol–water partition coefficient (Wildman–Crippen LogP) is 3.15. The number of nitro groups is 1. The Balaban J connectivity index is 1.71. The molecule has 0 aliphatic carbocycles. The van der Waals surface area contributed by atoms with Gasteiger partial charge in [-0.3, -0.25) is 14.9 Å². The molecule has 1 aliphatic rings. The van der Waals surface area contributed by atoms with Crippen molar-refractivity contribution in [1.29, 1.82) is 0 Å². The molecule has 7 nitrogen and oxygen atoms in total. The quantitative estimate of drug-likeness (QED) is 0.643. The molecule has 1 heterocycles. The Morgan fingerprint density at radius 1 is 1.28 bits per heavy atom. The number of amides is 1. The molecule has 2 aromatic rings. The lowest BCUT2D eigenvalue weighted by Crippen LogP contribution is -2.23. The fourth-order valence-electron chi connectivity index (χ4n) is 2.57. The number of nitrogens with one attached hydrogen (secondary N) is 1. The molecule has 1 aliphatic heterocycles. The van der Waals surface area contributed by atoms with E-state index < -0.39 is 4.92 Å². The van der Waals surface area contributed by atoms with Crippen molar-refractivity contribution >= 4 is 17.3 Å². The summed E-state index contributed by atoms with van der Waals surface area (Å²) in [5, 5.41) is 13.9. The molecule has 0 bridgehead atoms. The molecule has 25 heavy (non-hydrogen) atoms. The maximum absolute atomic E-state index is 12.1. The van der Waals surface area contributed by atoms with Crippen molar-refractivity contribution in [1.82, 2.24) is 0 Å². The summed E-state index contributed by atoms with van der Waals surface area (Å²) in [4.78, 5) is 22.9. The molecular formula is C18H18N2O5. The van der Waals surface area contributed by atoms with Crippen LogP contribution < -0.4 is 10.1 Å². The van der Waals surface area contributed by atoms with Crippen molar-refractivity contribution in [3.8, 4) is 5.75 Å². The number of hydrogen-bond acceptors (Lipinski definition) is 5. The maximum atomic E-state index is 12.1. The number of nitrogens with zero attached hydrogens (tertiary/aromatic N) is 1. The summed E-state index contributed by atoms with van der Waals surface area (Å²) < 4.78 is 10.8. The van der Waals surface area contributed by atoms with Gasteiger partial charge < -0.3 is 14.8 Å². The van der Waals surface area contributed by atoms with E-state index in [1.807, 2.05) is 30.3 Å². The lowest BCUT2D eigenvalue weighted by atomic mass is 10.1. The summed E-state index contributed by atoms with van der Waals surface area (Å²) in [6.07, 6.45) is 0.623.